The molecule has 2 fully saturated rings. The number of hydrogen-bond donors (Lipinski definition) is 1. The molecule has 1 aliphatic heterocycles. The van der Waals surface area contributed by atoms with Gasteiger partial charge >= 0.3 is 0 Å². The number of carbonyl (C=O) groups is 1. The van der Waals surface area contributed by atoms with Crippen LogP contribution in [-0.4, -0.2) is 36.5 Å². The number of rotatable bonds is 4. The van der Waals surface area contributed by atoms with Crippen molar-refractivity contribution in [3.05, 3.63) is 23.7 Å². The van der Waals surface area contributed by atoms with Gasteiger partial charge in [0.25, 0.3) is 5.91 Å². The highest BCUT2D eigenvalue weighted by molar-refractivity contribution is 5.93. The van der Waals surface area contributed by atoms with E-state index in [9.17, 15) is 4.79 Å². The third-order valence-electron chi connectivity index (χ3n) is 4.16. The first-order chi connectivity index (χ1) is 9.25. The molecule has 1 amide bonds. The highest BCUT2D eigenvalue weighted by Crippen LogP contribution is 2.30. The van der Waals surface area contributed by atoms with Gasteiger partial charge in [0.05, 0.1) is 6.26 Å². The van der Waals surface area contributed by atoms with Crippen molar-refractivity contribution in [2.24, 2.45) is 5.92 Å². The van der Waals surface area contributed by atoms with Gasteiger partial charge in [-0.25, -0.2) is 0 Å². The van der Waals surface area contributed by atoms with Gasteiger partial charge in [-0.05, 0) is 57.7 Å². The monoisotopic (exact) mass is 262 g/mol. The molecule has 1 unspecified atom stereocenters. The van der Waals surface area contributed by atoms with Crippen molar-refractivity contribution in [1.82, 2.24) is 10.2 Å². The summed E-state index contributed by atoms with van der Waals surface area (Å²) in [6.45, 7) is 4.96. The van der Waals surface area contributed by atoms with Crippen LogP contribution in [0.1, 0.15) is 41.8 Å². The van der Waals surface area contributed by atoms with Gasteiger partial charge in [0.1, 0.15) is 0 Å². The lowest BCUT2D eigenvalue weighted by atomic mass is 9.99. The largest absolute Gasteiger partial charge is 0.459 e. The second kappa shape index (κ2) is 5.37. The number of nitrogens with one attached hydrogen (secondary N) is 1. The average Bonchev–Trinajstić information content (AvgIpc) is 3.18. The lowest BCUT2D eigenvalue weighted by Gasteiger charge is -2.30. The molecule has 0 aromatic carbocycles. The van der Waals surface area contributed by atoms with Crippen LogP contribution in [0.15, 0.2) is 16.7 Å². The molecule has 1 saturated carbocycles. The molecule has 1 aromatic rings. The first-order valence-electron chi connectivity index (χ1n) is 7.31. The zero-order valence-electron chi connectivity index (χ0n) is 11.5. The average molecular weight is 262 g/mol. The molecule has 2 heterocycles. The predicted molar refractivity (Wildman–Crippen MR) is 73.1 cm³/mol. The minimum atomic E-state index is 0.0792. The Balaban J connectivity index is 1.70. The third kappa shape index (κ3) is 2.84. The van der Waals surface area contributed by atoms with E-state index in [1.165, 1.54) is 12.8 Å². The molecule has 0 radical (unpaired) electrons. The van der Waals surface area contributed by atoms with Crippen molar-refractivity contribution in [1.29, 1.82) is 0 Å². The molecule has 4 nitrogen and oxygen atoms in total. The number of aryl methyl sites for hydroxylation is 1. The Hall–Kier alpha value is -1.29. The molecule has 1 aliphatic carbocycles. The van der Waals surface area contributed by atoms with Crippen LogP contribution in [-0.2, 0) is 0 Å². The van der Waals surface area contributed by atoms with Crippen molar-refractivity contribution in [2.75, 3.05) is 19.6 Å². The van der Waals surface area contributed by atoms with Gasteiger partial charge in [-0.2, -0.15) is 0 Å². The van der Waals surface area contributed by atoms with Crippen LogP contribution in [0.5, 0.6) is 0 Å². The Morgan fingerprint density at radius 3 is 2.89 bits per heavy atom. The van der Waals surface area contributed by atoms with E-state index in [-0.39, 0.29) is 5.91 Å². The number of amides is 1. The molecule has 3 rings (SSSR count). The third-order valence-corrected chi connectivity index (χ3v) is 4.16. The quantitative estimate of drug-likeness (QED) is 0.904. The molecule has 19 heavy (non-hydrogen) atoms. The van der Waals surface area contributed by atoms with Crippen LogP contribution < -0.4 is 5.32 Å². The Bertz CT molecular complexity index is 445. The van der Waals surface area contributed by atoms with E-state index in [4.69, 9.17) is 4.42 Å². The van der Waals surface area contributed by atoms with Gasteiger partial charge in [0.15, 0.2) is 5.76 Å². The van der Waals surface area contributed by atoms with Crippen LogP contribution in [0, 0.1) is 12.8 Å². The van der Waals surface area contributed by atoms with Gasteiger partial charge in [-0.3, -0.25) is 4.79 Å². The topological polar surface area (TPSA) is 45.5 Å². The highest BCUT2D eigenvalue weighted by atomic mass is 16.3. The molecular formula is C15H22N2O2. The molecule has 1 N–H and O–H groups in total. The molecule has 0 spiro atoms. The number of carbonyl (C=O) groups excluding carboxylic acids is 1. The van der Waals surface area contributed by atoms with Crippen LogP contribution in [0.3, 0.4) is 0 Å². The van der Waals surface area contributed by atoms with E-state index in [1.54, 1.807) is 6.26 Å². The fourth-order valence-corrected chi connectivity index (χ4v) is 2.86. The molecule has 2 aliphatic rings. The summed E-state index contributed by atoms with van der Waals surface area (Å²) in [4.78, 5) is 14.6. The van der Waals surface area contributed by atoms with Crippen molar-refractivity contribution < 1.29 is 9.21 Å². The SMILES string of the molecule is Cc1ccoc1C(=O)N(CC1CCCNC1)C1CC1. The van der Waals surface area contributed by atoms with Gasteiger partial charge in [0.2, 0.25) is 0 Å². The van der Waals surface area contributed by atoms with E-state index in [1.807, 2.05) is 17.9 Å². The van der Waals surface area contributed by atoms with Crippen LogP contribution >= 0.6 is 0 Å². The lowest BCUT2D eigenvalue weighted by Crippen LogP contribution is -2.42. The first-order valence-corrected chi connectivity index (χ1v) is 7.31. The van der Waals surface area contributed by atoms with Crippen LogP contribution in [0.2, 0.25) is 0 Å². The minimum Gasteiger partial charge on any atom is -0.459 e. The molecule has 0 bridgehead atoms. The second-order valence-corrected chi connectivity index (χ2v) is 5.83. The zero-order chi connectivity index (χ0) is 13.2. The van der Waals surface area contributed by atoms with E-state index < -0.39 is 0 Å². The maximum absolute atomic E-state index is 12.6. The summed E-state index contributed by atoms with van der Waals surface area (Å²) in [5.74, 6) is 1.19. The summed E-state index contributed by atoms with van der Waals surface area (Å²) in [5.41, 5.74) is 0.942. The first kappa shape index (κ1) is 12.7. The summed E-state index contributed by atoms with van der Waals surface area (Å²) >= 11 is 0. The predicted octanol–water partition coefficient (Wildman–Crippen LogP) is 2.19. The highest BCUT2D eigenvalue weighted by Gasteiger charge is 2.36. The maximum atomic E-state index is 12.6. The molecule has 104 valence electrons. The fraction of sp³-hybridized carbons (Fsp3) is 0.667. The standard InChI is InChI=1S/C15H22N2O2/c1-11-6-8-19-14(11)15(18)17(13-4-5-13)10-12-3-2-7-16-9-12/h6,8,12-13,16H,2-5,7,9-10H2,1H3. The summed E-state index contributed by atoms with van der Waals surface area (Å²) in [6.07, 6.45) is 6.34. The van der Waals surface area contributed by atoms with E-state index >= 15 is 0 Å². The zero-order valence-corrected chi connectivity index (χ0v) is 11.5. The Morgan fingerprint density at radius 1 is 1.47 bits per heavy atom. The normalized spacial score (nSPS) is 23.3. The van der Waals surface area contributed by atoms with Gasteiger partial charge in [-0.15, -0.1) is 0 Å². The van der Waals surface area contributed by atoms with Crippen LogP contribution in [0.4, 0.5) is 0 Å². The van der Waals surface area contributed by atoms with Gasteiger partial charge in [0, 0.05) is 18.2 Å². The van der Waals surface area contributed by atoms with Crippen molar-refractivity contribution >= 4 is 5.91 Å². The summed E-state index contributed by atoms with van der Waals surface area (Å²) in [5, 5.41) is 3.42. The number of furan rings is 1. The van der Waals surface area contributed by atoms with Gasteiger partial charge < -0.3 is 14.6 Å². The summed E-state index contributed by atoms with van der Waals surface area (Å²) in [6, 6.07) is 2.31. The number of nitrogens with zero attached hydrogens (tertiary/aromatic N) is 1. The molecule has 1 saturated heterocycles. The second-order valence-electron chi connectivity index (χ2n) is 5.83. The van der Waals surface area contributed by atoms with E-state index in [2.05, 4.69) is 5.32 Å². The molecule has 1 atom stereocenters. The summed E-state index contributed by atoms with van der Waals surface area (Å²) in [7, 11) is 0. The fourth-order valence-electron chi connectivity index (χ4n) is 2.86. The number of piperidine rings is 1. The van der Waals surface area contributed by atoms with Gasteiger partial charge in [-0.1, -0.05) is 0 Å². The smallest absolute Gasteiger partial charge is 0.290 e. The Labute approximate surface area is 114 Å². The van der Waals surface area contributed by atoms with Crippen molar-refractivity contribution in [3.8, 4) is 0 Å². The minimum absolute atomic E-state index is 0.0792. The molecule has 1 aromatic heterocycles. The molecular weight excluding hydrogens is 240 g/mol. The molecule has 4 heteroatoms. The summed E-state index contributed by atoms with van der Waals surface area (Å²) < 4.78 is 5.37. The van der Waals surface area contributed by atoms with E-state index in [0.717, 1.165) is 38.0 Å². The number of hydrogen-bond acceptors (Lipinski definition) is 3. The lowest BCUT2D eigenvalue weighted by molar-refractivity contribution is 0.0671. The van der Waals surface area contributed by atoms with Crippen LogP contribution in [0.25, 0.3) is 0 Å². The van der Waals surface area contributed by atoms with E-state index in [0.29, 0.717) is 17.7 Å². The van der Waals surface area contributed by atoms with Crippen molar-refractivity contribution in [2.45, 2.75) is 38.6 Å². The Morgan fingerprint density at radius 2 is 2.32 bits per heavy atom. The Kier molecular flexibility index (Phi) is 3.60. The maximum Gasteiger partial charge on any atom is 0.290 e. The van der Waals surface area contributed by atoms with Crippen molar-refractivity contribution in [3.63, 3.8) is 0 Å².